The van der Waals surface area contributed by atoms with Gasteiger partial charge in [0.2, 0.25) is 5.91 Å². The molecule has 202 valence electrons. The number of carbonyl (C=O) groups excluding carboxylic acids is 1. The molecule has 2 aromatic rings. The number of nitrogens with zero attached hydrogens (tertiary/aromatic N) is 1. The third kappa shape index (κ3) is 8.50. The third-order valence-electron chi connectivity index (χ3n) is 5.85. The fraction of sp³-hybridized carbons (Fsp3) is 0.440. The van der Waals surface area contributed by atoms with Crippen molar-refractivity contribution in [2.45, 2.75) is 50.9 Å². The normalized spacial score (nSPS) is 15.2. The maximum atomic E-state index is 14.2. The number of nitrogens with one attached hydrogen (secondary N) is 1. The Morgan fingerprint density at radius 2 is 1.92 bits per heavy atom. The quantitative estimate of drug-likeness (QED) is 0.385. The maximum Gasteiger partial charge on any atom is 0.390 e. The second-order valence-electron chi connectivity index (χ2n) is 8.64. The molecule has 1 amide bonds. The number of carboxylic acid groups (broad SMARTS) is 1. The number of alkyl halides is 3. The molecule has 2 N–H and O–H groups in total. The molecule has 0 aromatic heterocycles. The van der Waals surface area contributed by atoms with Crippen LogP contribution in [0.3, 0.4) is 0 Å². The molecule has 0 bridgehead atoms. The fourth-order valence-electron chi connectivity index (χ4n) is 3.97. The molecule has 1 heterocycles. The zero-order valence-electron chi connectivity index (χ0n) is 20.0. The lowest BCUT2D eigenvalue weighted by Crippen LogP contribution is -2.42. The Balaban J connectivity index is 1.95. The van der Waals surface area contributed by atoms with E-state index in [4.69, 9.17) is 26.2 Å². The molecule has 7 nitrogen and oxygen atoms in total. The number of hydrogen-bond donors (Lipinski definition) is 2. The Labute approximate surface area is 216 Å². The van der Waals surface area contributed by atoms with E-state index < -0.39 is 36.4 Å². The second-order valence-corrected chi connectivity index (χ2v) is 9.08. The van der Waals surface area contributed by atoms with E-state index in [1.54, 1.807) is 4.90 Å². The summed E-state index contributed by atoms with van der Waals surface area (Å²) in [6.07, 6.45) is -6.10. The number of amides is 1. The summed E-state index contributed by atoms with van der Waals surface area (Å²) in [4.78, 5) is 25.7. The Morgan fingerprint density at radius 3 is 2.54 bits per heavy atom. The average Bonchev–Trinajstić information content (AvgIpc) is 2.82. The number of aliphatic carboxylic acids is 1. The van der Waals surface area contributed by atoms with Crippen LogP contribution in [0, 0.1) is 5.82 Å². The lowest BCUT2D eigenvalue weighted by Gasteiger charge is -2.37. The standard InChI is InChI=1S/C25H27ClF4N2O5/c1-15(24(34)35)37-19-4-5-22(32(9-8-25(28,29)30)18-6-10-36-11-7-18)21(14-19)31-23(33)12-16-2-3-17(26)13-20(16)27/h2-5,13-15,18H,6-12H2,1H3,(H,31,33)(H,34,35). The minimum absolute atomic E-state index is 0.0775. The van der Waals surface area contributed by atoms with Crippen molar-refractivity contribution in [2.24, 2.45) is 0 Å². The second kappa shape index (κ2) is 12.5. The summed E-state index contributed by atoms with van der Waals surface area (Å²) in [5.74, 6) is -2.44. The largest absolute Gasteiger partial charge is 0.479 e. The van der Waals surface area contributed by atoms with Gasteiger partial charge in [-0.25, -0.2) is 9.18 Å². The number of carbonyl (C=O) groups is 2. The molecule has 1 fully saturated rings. The van der Waals surface area contributed by atoms with Crippen molar-refractivity contribution in [3.63, 3.8) is 0 Å². The summed E-state index contributed by atoms with van der Waals surface area (Å²) in [6.45, 7) is 1.70. The molecule has 0 spiro atoms. The van der Waals surface area contributed by atoms with Gasteiger partial charge in [-0.1, -0.05) is 17.7 Å². The van der Waals surface area contributed by atoms with Crippen molar-refractivity contribution in [2.75, 3.05) is 30.0 Å². The molecular formula is C25H27ClF4N2O5. The van der Waals surface area contributed by atoms with Crippen molar-refractivity contribution in [3.8, 4) is 5.75 Å². The molecule has 0 radical (unpaired) electrons. The summed E-state index contributed by atoms with van der Waals surface area (Å²) in [6, 6.07) is 7.85. The molecular weight excluding hydrogens is 520 g/mol. The number of carboxylic acids is 1. The third-order valence-corrected chi connectivity index (χ3v) is 6.08. The Hall–Kier alpha value is -3.05. The van der Waals surface area contributed by atoms with E-state index in [1.807, 2.05) is 0 Å². The molecule has 37 heavy (non-hydrogen) atoms. The number of anilines is 2. The van der Waals surface area contributed by atoms with E-state index >= 15 is 0 Å². The topological polar surface area (TPSA) is 88.1 Å². The molecule has 1 aliphatic heterocycles. The predicted octanol–water partition coefficient (Wildman–Crippen LogP) is 5.45. The molecule has 1 saturated heterocycles. The van der Waals surface area contributed by atoms with Gasteiger partial charge in [-0.2, -0.15) is 13.2 Å². The molecule has 1 atom stereocenters. The number of halogens is 5. The van der Waals surface area contributed by atoms with E-state index in [-0.39, 0.29) is 41.0 Å². The number of benzene rings is 2. The minimum atomic E-state index is -4.40. The number of rotatable bonds is 10. The van der Waals surface area contributed by atoms with E-state index in [0.29, 0.717) is 31.7 Å². The van der Waals surface area contributed by atoms with Crippen LogP contribution in [-0.2, 0) is 20.7 Å². The van der Waals surface area contributed by atoms with Gasteiger partial charge in [0.05, 0.1) is 24.2 Å². The fourth-order valence-corrected chi connectivity index (χ4v) is 4.13. The van der Waals surface area contributed by atoms with Gasteiger partial charge in [0.1, 0.15) is 11.6 Å². The summed E-state index contributed by atoms with van der Waals surface area (Å²) >= 11 is 5.76. The summed E-state index contributed by atoms with van der Waals surface area (Å²) < 4.78 is 64.5. The summed E-state index contributed by atoms with van der Waals surface area (Å²) in [7, 11) is 0. The first-order valence-electron chi connectivity index (χ1n) is 11.6. The van der Waals surface area contributed by atoms with Gasteiger partial charge >= 0.3 is 12.1 Å². The highest BCUT2D eigenvalue weighted by molar-refractivity contribution is 6.30. The zero-order chi connectivity index (χ0) is 27.2. The smallest absolute Gasteiger partial charge is 0.390 e. The molecule has 0 aliphatic carbocycles. The zero-order valence-corrected chi connectivity index (χ0v) is 20.7. The van der Waals surface area contributed by atoms with Crippen molar-refractivity contribution < 1.29 is 41.7 Å². The number of hydrogen-bond acceptors (Lipinski definition) is 5. The van der Waals surface area contributed by atoms with Crippen molar-refractivity contribution in [1.29, 1.82) is 0 Å². The average molecular weight is 547 g/mol. The van der Waals surface area contributed by atoms with Gasteiger partial charge in [-0.15, -0.1) is 0 Å². The highest BCUT2D eigenvalue weighted by Crippen LogP contribution is 2.35. The van der Waals surface area contributed by atoms with E-state index in [0.717, 1.165) is 6.07 Å². The lowest BCUT2D eigenvalue weighted by atomic mass is 10.0. The minimum Gasteiger partial charge on any atom is -0.479 e. The Morgan fingerprint density at radius 1 is 1.22 bits per heavy atom. The van der Waals surface area contributed by atoms with Crippen molar-refractivity contribution >= 4 is 34.9 Å². The van der Waals surface area contributed by atoms with Gasteiger partial charge in [-0.3, -0.25) is 4.79 Å². The van der Waals surface area contributed by atoms with Gasteiger partial charge in [-0.05, 0) is 49.6 Å². The molecule has 1 unspecified atom stereocenters. The monoisotopic (exact) mass is 546 g/mol. The van der Waals surface area contributed by atoms with Crippen LogP contribution in [0.1, 0.15) is 31.7 Å². The van der Waals surface area contributed by atoms with Crippen LogP contribution in [0.4, 0.5) is 28.9 Å². The summed E-state index contributed by atoms with van der Waals surface area (Å²) in [5, 5.41) is 12.0. The van der Waals surface area contributed by atoms with Crippen molar-refractivity contribution in [3.05, 3.63) is 52.8 Å². The van der Waals surface area contributed by atoms with Crippen LogP contribution < -0.4 is 15.0 Å². The first-order valence-corrected chi connectivity index (χ1v) is 12.0. The first kappa shape index (κ1) is 28.5. The highest BCUT2D eigenvalue weighted by Gasteiger charge is 2.32. The molecule has 1 aliphatic rings. The highest BCUT2D eigenvalue weighted by atomic mass is 35.5. The first-order chi connectivity index (χ1) is 17.4. The Bertz CT molecular complexity index is 1110. The number of ether oxygens (including phenoxy) is 2. The molecule has 0 saturated carbocycles. The molecule has 12 heteroatoms. The lowest BCUT2D eigenvalue weighted by molar-refractivity contribution is -0.144. The van der Waals surface area contributed by atoms with Crippen LogP contribution in [0.25, 0.3) is 0 Å². The van der Waals surface area contributed by atoms with Crippen molar-refractivity contribution in [1.82, 2.24) is 0 Å². The SMILES string of the molecule is CC(Oc1ccc(N(CCC(F)(F)F)C2CCOCC2)c(NC(=O)Cc2ccc(Cl)cc2F)c1)C(=O)O. The van der Waals surface area contributed by atoms with Crippen LogP contribution >= 0.6 is 11.6 Å². The molecule has 2 aromatic carbocycles. The predicted molar refractivity (Wildman–Crippen MR) is 130 cm³/mol. The maximum absolute atomic E-state index is 14.2. The van der Waals surface area contributed by atoms with Gasteiger partial charge in [0, 0.05) is 36.9 Å². The van der Waals surface area contributed by atoms with Crippen LogP contribution in [0.15, 0.2) is 36.4 Å². The van der Waals surface area contributed by atoms with Crippen LogP contribution in [0.5, 0.6) is 5.75 Å². The summed E-state index contributed by atoms with van der Waals surface area (Å²) in [5.41, 5.74) is 0.494. The van der Waals surface area contributed by atoms with Crippen LogP contribution in [-0.4, -0.2) is 55.1 Å². The van der Waals surface area contributed by atoms with Gasteiger partial charge in [0.25, 0.3) is 0 Å². The van der Waals surface area contributed by atoms with E-state index in [9.17, 15) is 27.2 Å². The van der Waals surface area contributed by atoms with Gasteiger partial charge in [0.15, 0.2) is 6.10 Å². The van der Waals surface area contributed by atoms with Gasteiger partial charge < -0.3 is 24.8 Å². The molecule has 3 rings (SSSR count). The van der Waals surface area contributed by atoms with Crippen LogP contribution in [0.2, 0.25) is 5.02 Å². The Kier molecular flexibility index (Phi) is 9.61. The van der Waals surface area contributed by atoms with E-state index in [1.165, 1.54) is 37.3 Å². The van der Waals surface area contributed by atoms with E-state index in [2.05, 4.69) is 5.32 Å².